The lowest BCUT2D eigenvalue weighted by Crippen LogP contribution is -2.60. The zero-order chi connectivity index (χ0) is 32.2. The van der Waals surface area contributed by atoms with Crippen LogP contribution in [-0.2, 0) is 32.0 Å². The number of aliphatic imine (C=N–C) groups is 1. The van der Waals surface area contributed by atoms with Gasteiger partial charge in [-0.2, -0.15) is 0 Å². The van der Waals surface area contributed by atoms with E-state index in [1.54, 1.807) is 36.5 Å². The zero-order valence-electron chi connectivity index (χ0n) is 24.4. The molecule has 14 heteroatoms. The van der Waals surface area contributed by atoms with Gasteiger partial charge in [0, 0.05) is 36.5 Å². The van der Waals surface area contributed by atoms with E-state index in [2.05, 4.69) is 25.9 Å². The molecule has 0 aliphatic rings. The zero-order valence-corrected chi connectivity index (χ0v) is 24.4. The van der Waals surface area contributed by atoms with Gasteiger partial charge in [-0.1, -0.05) is 48.5 Å². The highest BCUT2D eigenvalue weighted by Crippen LogP contribution is 2.19. The maximum absolute atomic E-state index is 13.6. The molecule has 0 saturated heterocycles. The molecule has 0 saturated carbocycles. The summed E-state index contributed by atoms with van der Waals surface area (Å²) in [6, 6.07) is 11.2. The molecule has 0 aliphatic carbocycles. The molecule has 0 radical (unpaired) electrons. The van der Waals surface area contributed by atoms with E-state index >= 15 is 0 Å². The van der Waals surface area contributed by atoms with Gasteiger partial charge in [0.05, 0.1) is 12.1 Å². The number of carboxylic acid groups (broad SMARTS) is 1. The second-order valence-electron chi connectivity index (χ2n) is 10.5. The summed E-state index contributed by atoms with van der Waals surface area (Å²) < 4.78 is 0. The van der Waals surface area contributed by atoms with Crippen LogP contribution in [0.3, 0.4) is 0 Å². The largest absolute Gasteiger partial charge is 0.480 e. The van der Waals surface area contributed by atoms with Crippen molar-refractivity contribution in [3.8, 4) is 0 Å². The Kier molecular flexibility index (Phi) is 12.2. The summed E-state index contributed by atoms with van der Waals surface area (Å²) in [4.78, 5) is 58.7. The van der Waals surface area contributed by atoms with E-state index in [0.717, 1.165) is 10.9 Å². The predicted octanol–water partition coefficient (Wildman–Crippen LogP) is -0.746. The molecule has 1 heterocycles. The Morgan fingerprint density at radius 3 is 2.20 bits per heavy atom. The van der Waals surface area contributed by atoms with Crippen molar-refractivity contribution in [3.05, 3.63) is 71.9 Å². The number of fused-ring (bicyclic) bond motifs is 1. The van der Waals surface area contributed by atoms with E-state index in [1.807, 2.05) is 24.3 Å². The number of rotatable bonds is 16. The number of para-hydroxylation sites is 1. The van der Waals surface area contributed by atoms with Crippen LogP contribution < -0.4 is 33.2 Å². The number of carbonyl (C=O) groups excluding carboxylic acids is 3. The molecule has 5 atom stereocenters. The van der Waals surface area contributed by atoms with Crippen LogP contribution in [0.15, 0.2) is 65.8 Å². The number of nitrogens with two attached hydrogens (primary N) is 3. The van der Waals surface area contributed by atoms with Crippen molar-refractivity contribution in [1.29, 1.82) is 0 Å². The molecule has 3 aromatic rings. The average molecular weight is 609 g/mol. The number of aromatic amines is 1. The van der Waals surface area contributed by atoms with Crippen molar-refractivity contribution < 1.29 is 29.4 Å². The molecule has 0 aliphatic heterocycles. The molecule has 12 N–H and O–H groups in total. The van der Waals surface area contributed by atoms with Gasteiger partial charge in [-0.15, -0.1) is 0 Å². The van der Waals surface area contributed by atoms with E-state index in [1.165, 1.54) is 6.92 Å². The summed E-state index contributed by atoms with van der Waals surface area (Å²) >= 11 is 0. The first-order valence-electron chi connectivity index (χ1n) is 14.2. The van der Waals surface area contributed by atoms with Gasteiger partial charge in [0.2, 0.25) is 17.7 Å². The Bertz CT molecular complexity index is 1450. The second-order valence-corrected chi connectivity index (χ2v) is 10.5. The fourth-order valence-corrected chi connectivity index (χ4v) is 4.63. The molecule has 3 rings (SSSR count). The number of benzene rings is 2. The highest BCUT2D eigenvalue weighted by molar-refractivity contribution is 5.95. The summed E-state index contributed by atoms with van der Waals surface area (Å²) in [5.41, 5.74) is 18.7. The summed E-state index contributed by atoms with van der Waals surface area (Å²) in [5, 5.41) is 28.6. The Balaban J connectivity index is 1.79. The molecular weight excluding hydrogens is 568 g/mol. The molecular formula is C30H40N8O6. The molecule has 2 aromatic carbocycles. The van der Waals surface area contributed by atoms with Crippen LogP contribution in [0.5, 0.6) is 0 Å². The maximum atomic E-state index is 13.6. The van der Waals surface area contributed by atoms with Gasteiger partial charge in [0.15, 0.2) is 5.96 Å². The first kappa shape index (κ1) is 33.6. The van der Waals surface area contributed by atoms with Crippen LogP contribution in [0.25, 0.3) is 10.9 Å². The van der Waals surface area contributed by atoms with Gasteiger partial charge in [-0.05, 0) is 37.0 Å². The third kappa shape index (κ3) is 9.81. The number of aliphatic hydroxyl groups is 1. The van der Waals surface area contributed by atoms with Crippen molar-refractivity contribution in [3.63, 3.8) is 0 Å². The molecule has 0 bridgehead atoms. The number of aromatic nitrogens is 1. The monoisotopic (exact) mass is 608 g/mol. The first-order chi connectivity index (χ1) is 21.0. The first-order valence-corrected chi connectivity index (χ1v) is 14.2. The average Bonchev–Trinajstić information content (AvgIpc) is 3.39. The number of amides is 3. The number of hydrogen-bond acceptors (Lipinski definition) is 7. The van der Waals surface area contributed by atoms with Gasteiger partial charge in [-0.3, -0.25) is 19.4 Å². The Morgan fingerprint density at radius 1 is 0.886 bits per heavy atom. The minimum absolute atomic E-state index is 0.00988. The molecule has 3 amide bonds. The quantitative estimate of drug-likeness (QED) is 0.0563. The summed E-state index contributed by atoms with van der Waals surface area (Å²) in [5.74, 6) is -3.63. The van der Waals surface area contributed by atoms with E-state index in [0.29, 0.717) is 17.5 Å². The molecule has 44 heavy (non-hydrogen) atoms. The van der Waals surface area contributed by atoms with Gasteiger partial charge in [0.1, 0.15) is 18.1 Å². The number of aliphatic carboxylic acids is 1. The fraction of sp³-hybridized carbons (Fsp3) is 0.367. The van der Waals surface area contributed by atoms with Crippen LogP contribution >= 0.6 is 0 Å². The number of carbonyl (C=O) groups is 4. The van der Waals surface area contributed by atoms with Crippen molar-refractivity contribution in [2.45, 2.75) is 62.9 Å². The number of carboxylic acids is 1. The number of hydrogen-bond donors (Lipinski definition) is 9. The van der Waals surface area contributed by atoms with Gasteiger partial charge in [0.25, 0.3) is 0 Å². The Hall–Kier alpha value is -4.95. The number of nitrogens with zero attached hydrogens (tertiary/aromatic N) is 1. The normalized spacial score (nSPS) is 14.4. The van der Waals surface area contributed by atoms with Crippen molar-refractivity contribution in [2.75, 3.05) is 6.54 Å². The SMILES string of the molecule is CC(O)C(NC(=O)C(N)CCCN=C(N)N)C(=O)NC(Cc1c[nH]c2ccccc12)C(=O)NC(Cc1ccccc1)C(=O)O. The minimum Gasteiger partial charge on any atom is -0.480 e. The topological polar surface area (TPSA) is 251 Å². The van der Waals surface area contributed by atoms with Gasteiger partial charge >= 0.3 is 5.97 Å². The molecule has 0 spiro atoms. The smallest absolute Gasteiger partial charge is 0.326 e. The number of guanidine groups is 1. The molecule has 0 fully saturated rings. The summed E-state index contributed by atoms with van der Waals surface area (Å²) in [7, 11) is 0. The molecule has 1 aromatic heterocycles. The maximum Gasteiger partial charge on any atom is 0.326 e. The van der Waals surface area contributed by atoms with Crippen LogP contribution in [0.4, 0.5) is 0 Å². The van der Waals surface area contributed by atoms with Crippen LogP contribution in [0.1, 0.15) is 30.9 Å². The van der Waals surface area contributed by atoms with Crippen molar-refractivity contribution in [1.82, 2.24) is 20.9 Å². The number of H-pyrrole nitrogens is 1. The van der Waals surface area contributed by atoms with E-state index < -0.39 is 54.0 Å². The van der Waals surface area contributed by atoms with E-state index in [-0.39, 0.29) is 31.8 Å². The third-order valence-electron chi connectivity index (χ3n) is 7.00. The highest BCUT2D eigenvalue weighted by Gasteiger charge is 2.33. The highest BCUT2D eigenvalue weighted by atomic mass is 16.4. The lowest BCUT2D eigenvalue weighted by molar-refractivity contribution is -0.142. The predicted molar refractivity (Wildman–Crippen MR) is 165 cm³/mol. The van der Waals surface area contributed by atoms with Crippen LogP contribution in [0, 0.1) is 0 Å². The Morgan fingerprint density at radius 2 is 1.55 bits per heavy atom. The van der Waals surface area contributed by atoms with Crippen LogP contribution in [0.2, 0.25) is 0 Å². The van der Waals surface area contributed by atoms with Gasteiger partial charge < -0.3 is 48.3 Å². The molecule has 5 unspecified atom stereocenters. The fourth-order valence-electron chi connectivity index (χ4n) is 4.63. The third-order valence-corrected chi connectivity index (χ3v) is 7.00. The van der Waals surface area contributed by atoms with Crippen molar-refractivity contribution >= 4 is 40.6 Å². The van der Waals surface area contributed by atoms with Crippen molar-refractivity contribution in [2.24, 2.45) is 22.2 Å². The Labute approximate surface area is 254 Å². The van der Waals surface area contributed by atoms with E-state index in [9.17, 15) is 29.4 Å². The summed E-state index contributed by atoms with van der Waals surface area (Å²) in [6.07, 6.45) is 0.964. The lowest BCUT2D eigenvalue weighted by atomic mass is 10.0. The van der Waals surface area contributed by atoms with Gasteiger partial charge in [-0.25, -0.2) is 4.79 Å². The molecule has 236 valence electrons. The lowest BCUT2D eigenvalue weighted by Gasteiger charge is -2.26. The second kappa shape index (κ2) is 16.0. The van der Waals surface area contributed by atoms with Crippen LogP contribution in [-0.4, -0.2) is 81.7 Å². The standard InChI is InChI=1S/C30H40N8O6/c1-17(39)25(38-26(40)21(31)11-7-13-34-30(32)33)28(42)36-23(15-19-16-35-22-12-6-5-10-20(19)22)27(41)37-24(29(43)44)14-18-8-3-2-4-9-18/h2-6,8-10,12,16-17,21,23-25,35,39H,7,11,13-15,31H2,1H3,(H,36,42)(H,37,41)(H,38,40)(H,43,44)(H4,32,33,34). The van der Waals surface area contributed by atoms with E-state index in [4.69, 9.17) is 17.2 Å². The number of nitrogens with one attached hydrogen (secondary N) is 4. The number of aliphatic hydroxyl groups excluding tert-OH is 1. The minimum atomic E-state index is -1.45. The molecule has 14 nitrogen and oxygen atoms in total. The summed E-state index contributed by atoms with van der Waals surface area (Å²) in [6.45, 7) is 1.57.